The molecule has 0 aliphatic carbocycles. The van der Waals surface area contributed by atoms with Gasteiger partial charge in [-0.2, -0.15) is 5.10 Å². The molecule has 0 unspecified atom stereocenters. The van der Waals surface area contributed by atoms with Gasteiger partial charge in [-0.25, -0.2) is 9.07 Å². The first-order chi connectivity index (χ1) is 10.6. The van der Waals surface area contributed by atoms with Crippen LogP contribution in [0.25, 0.3) is 5.69 Å². The Balaban J connectivity index is 1.89. The molecule has 0 saturated carbocycles. The fraction of sp³-hybridized carbons (Fsp3) is 0.0588. The number of primary amides is 1. The highest BCUT2D eigenvalue weighted by Crippen LogP contribution is 2.16. The molecule has 0 saturated heterocycles. The van der Waals surface area contributed by atoms with E-state index in [9.17, 15) is 9.18 Å². The van der Waals surface area contributed by atoms with Gasteiger partial charge in [-0.05, 0) is 47.9 Å². The standard InChI is InChI=1S/C17H14FN3O/c18-16-6-5-13(11-15(16)17(19)22)9-12-3-1-4-14(10-12)21-8-2-7-20-21/h1-8,10-11H,9H2,(H2,19,22). The molecule has 3 rings (SSSR count). The van der Waals surface area contributed by atoms with Gasteiger partial charge in [0, 0.05) is 12.4 Å². The zero-order chi connectivity index (χ0) is 15.5. The van der Waals surface area contributed by atoms with Crippen LogP contribution < -0.4 is 5.73 Å². The predicted octanol–water partition coefficient (Wildman–Crippen LogP) is 2.70. The number of hydrogen-bond donors (Lipinski definition) is 1. The van der Waals surface area contributed by atoms with Gasteiger partial charge >= 0.3 is 0 Å². The highest BCUT2D eigenvalue weighted by Gasteiger charge is 2.09. The first kappa shape index (κ1) is 14.0. The number of hydrogen-bond acceptors (Lipinski definition) is 2. The van der Waals surface area contributed by atoms with Crippen molar-refractivity contribution in [2.45, 2.75) is 6.42 Å². The highest BCUT2D eigenvalue weighted by molar-refractivity contribution is 5.93. The Labute approximate surface area is 127 Å². The van der Waals surface area contributed by atoms with Gasteiger partial charge in [0.25, 0.3) is 5.91 Å². The van der Waals surface area contributed by atoms with Gasteiger partial charge in [0.05, 0.1) is 11.3 Å². The number of benzene rings is 2. The number of halogens is 1. The van der Waals surface area contributed by atoms with Crippen LogP contribution in [0.5, 0.6) is 0 Å². The van der Waals surface area contributed by atoms with Gasteiger partial charge in [0.1, 0.15) is 5.82 Å². The largest absolute Gasteiger partial charge is 0.366 e. The van der Waals surface area contributed by atoms with Crippen LogP contribution >= 0.6 is 0 Å². The van der Waals surface area contributed by atoms with Gasteiger partial charge < -0.3 is 5.73 Å². The Morgan fingerprint density at radius 3 is 2.68 bits per heavy atom. The van der Waals surface area contributed by atoms with E-state index in [1.807, 2.05) is 36.5 Å². The predicted molar refractivity (Wildman–Crippen MR) is 81.3 cm³/mol. The molecule has 0 fully saturated rings. The molecule has 4 nitrogen and oxygen atoms in total. The molecule has 110 valence electrons. The molecule has 0 aliphatic heterocycles. The Morgan fingerprint density at radius 1 is 1.14 bits per heavy atom. The number of carbonyl (C=O) groups excluding carboxylic acids is 1. The third-order valence-corrected chi connectivity index (χ3v) is 3.38. The molecule has 3 aromatic rings. The molecular weight excluding hydrogens is 281 g/mol. The molecule has 5 heteroatoms. The molecule has 0 aliphatic rings. The van der Waals surface area contributed by atoms with Crippen molar-refractivity contribution in [3.05, 3.63) is 83.4 Å². The monoisotopic (exact) mass is 295 g/mol. The van der Waals surface area contributed by atoms with Gasteiger partial charge in [0.2, 0.25) is 0 Å². The van der Waals surface area contributed by atoms with Gasteiger partial charge in [0.15, 0.2) is 0 Å². The molecule has 0 atom stereocenters. The van der Waals surface area contributed by atoms with E-state index < -0.39 is 11.7 Å². The topological polar surface area (TPSA) is 60.9 Å². The molecule has 1 amide bonds. The zero-order valence-electron chi connectivity index (χ0n) is 11.7. The summed E-state index contributed by atoms with van der Waals surface area (Å²) in [6.45, 7) is 0. The molecule has 22 heavy (non-hydrogen) atoms. The smallest absolute Gasteiger partial charge is 0.251 e. The summed E-state index contributed by atoms with van der Waals surface area (Å²) in [5, 5.41) is 4.19. The molecule has 0 radical (unpaired) electrons. The minimum Gasteiger partial charge on any atom is -0.366 e. The lowest BCUT2D eigenvalue weighted by Crippen LogP contribution is -2.13. The minimum absolute atomic E-state index is 0.0827. The second-order valence-electron chi connectivity index (χ2n) is 4.98. The van der Waals surface area contributed by atoms with E-state index in [0.29, 0.717) is 6.42 Å². The quantitative estimate of drug-likeness (QED) is 0.804. The van der Waals surface area contributed by atoms with Crippen molar-refractivity contribution in [3.8, 4) is 5.69 Å². The van der Waals surface area contributed by atoms with Crippen LogP contribution in [0.2, 0.25) is 0 Å². The van der Waals surface area contributed by atoms with Crippen molar-refractivity contribution in [1.82, 2.24) is 9.78 Å². The summed E-state index contributed by atoms with van der Waals surface area (Å²) < 4.78 is 15.3. The van der Waals surface area contributed by atoms with Crippen LogP contribution in [0.1, 0.15) is 21.5 Å². The molecule has 0 spiro atoms. The van der Waals surface area contributed by atoms with Crippen molar-refractivity contribution in [3.63, 3.8) is 0 Å². The van der Waals surface area contributed by atoms with Crippen LogP contribution in [-0.2, 0) is 6.42 Å². The first-order valence-electron chi connectivity index (χ1n) is 6.80. The maximum atomic E-state index is 13.5. The third kappa shape index (κ3) is 2.88. The van der Waals surface area contributed by atoms with E-state index in [4.69, 9.17) is 5.73 Å². The van der Waals surface area contributed by atoms with Crippen LogP contribution in [0.4, 0.5) is 4.39 Å². The van der Waals surface area contributed by atoms with Crippen molar-refractivity contribution in [1.29, 1.82) is 0 Å². The van der Waals surface area contributed by atoms with Crippen LogP contribution in [0.3, 0.4) is 0 Å². The average molecular weight is 295 g/mol. The summed E-state index contributed by atoms with van der Waals surface area (Å²) in [7, 11) is 0. The lowest BCUT2D eigenvalue weighted by Gasteiger charge is -2.07. The lowest BCUT2D eigenvalue weighted by molar-refractivity contribution is 0.0996. The molecule has 1 aromatic heterocycles. The van der Waals surface area contributed by atoms with Crippen LogP contribution in [0, 0.1) is 5.82 Å². The number of nitrogens with two attached hydrogens (primary N) is 1. The lowest BCUT2D eigenvalue weighted by atomic mass is 10.0. The maximum Gasteiger partial charge on any atom is 0.251 e. The Hall–Kier alpha value is -2.95. The SMILES string of the molecule is NC(=O)c1cc(Cc2cccc(-n3cccn3)c2)ccc1F. The van der Waals surface area contributed by atoms with Crippen molar-refractivity contribution >= 4 is 5.91 Å². The van der Waals surface area contributed by atoms with E-state index in [1.54, 1.807) is 16.9 Å². The number of nitrogens with zero attached hydrogens (tertiary/aromatic N) is 2. The zero-order valence-corrected chi connectivity index (χ0v) is 11.7. The summed E-state index contributed by atoms with van der Waals surface area (Å²) in [4.78, 5) is 11.2. The Bertz CT molecular complexity index is 813. The highest BCUT2D eigenvalue weighted by atomic mass is 19.1. The van der Waals surface area contributed by atoms with E-state index in [2.05, 4.69) is 5.10 Å². The summed E-state index contributed by atoms with van der Waals surface area (Å²) in [5.41, 5.74) is 7.90. The average Bonchev–Trinajstić information content (AvgIpc) is 3.03. The van der Waals surface area contributed by atoms with Gasteiger partial charge in [-0.1, -0.05) is 18.2 Å². The molecule has 2 aromatic carbocycles. The molecule has 0 bridgehead atoms. The summed E-state index contributed by atoms with van der Waals surface area (Å²) in [6.07, 6.45) is 4.16. The Kier molecular flexibility index (Phi) is 3.70. The Morgan fingerprint density at radius 2 is 1.95 bits per heavy atom. The third-order valence-electron chi connectivity index (χ3n) is 3.38. The van der Waals surface area contributed by atoms with E-state index in [0.717, 1.165) is 16.8 Å². The van der Waals surface area contributed by atoms with E-state index in [1.165, 1.54) is 12.1 Å². The fourth-order valence-corrected chi connectivity index (χ4v) is 2.34. The number of rotatable bonds is 4. The van der Waals surface area contributed by atoms with Crippen molar-refractivity contribution in [2.24, 2.45) is 5.73 Å². The van der Waals surface area contributed by atoms with Crippen LogP contribution in [0.15, 0.2) is 60.9 Å². The number of aromatic nitrogens is 2. The van der Waals surface area contributed by atoms with Gasteiger partial charge in [-0.15, -0.1) is 0 Å². The minimum atomic E-state index is -0.760. The summed E-state index contributed by atoms with van der Waals surface area (Å²) in [5.74, 6) is -1.36. The normalized spacial score (nSPS) is 10.6. The van der Waals surface area contributed by atoms with Crippen molar-refractivity contribution < 1.29 is 9.18 Å². The molecular formula is C17H14FN3O. The number of amides is 1. The fourth-order valence-electron chi connectivity index (χ4n) is 2.34. The second-order valence-corrected chi connectivity index (χ2v) is 4.98. The van der Waals surface area contributed by atoms with E-state index in [-0.39, 0.29) is 5.56 Å². The second kappa shape index (κ2) is 5.81. The molecule has 2 N–H and O–H groups in total. The summed E-state index contributed by atoms with van der Waals surface area (Å²) >= 11 is 0. The van der Waals surface area contributed by atoms with E-state index >= 15 is 0 Å². The van der Waals surface area contributed by atoms with Crippen LogP contribution in [-0.4, -0.2) is 15.7 Å². The van der Waals surface area contributed by atoms with Crippen molar-refractivity contribution in [2.75, 3.05) is 0 Å². The number of carbonyl (C=O) groups is 1. The summed E-state index contributed by atoms with van der Waals surface area (Å²) in [6, 6.07) is 14.1. The van der Waals surface area contributed by atoms with Gasteiger partial charge in [-0.3, -0.25) is 4.79 Å². The maximum absolute atomic E-state index is 13.5. The first-order valence-corrected chi connectivity index (χ1v) is 6.80. The molecule has 1 heterocycles.